The molecule has 0 amide bonds. The summed E-state index contributed by atoms with van der Waals surface area (Å²) in [6.45, 7) is 2.92. The zero-order valence-corrected chi connectivity index (χ0v) is 9.80. The minimum Gasteiger partial charge on any atom is -0.393 e. The summed E-state index contributed by atoms with van der Waals surface area (Å²) < 4.78 is 5.68. The van der Waals surface area contributed by atoms with Crippen molar-refractivity contribution in [3.8, 4) is 0 Å². The molecule has 1 aliphatic rings. The quantitative estimate of drug-likeness (QED) is 0.848. The van der Waals surface area contributed by atoms with Gasteiger partial charge in [0, 0.05) is 6.61 Å². The highest BCUT2D eigenvalue weighted by Gasteiger charge is 2.22. The third kappa shape index (κ3) is 3.06. The van der Waals surface area contributed by atoms with E-state index in [1.54, 1.807) is 0 Å². The lowest BCUT2D eigenvalue weighted by Crippen LogP contribution is -2.29. The van der Waals surface area contributed by atoms with E-state index in [1.165, 1.54) is 5.56 Å². The van der Waals surface area contributed by atoms with Crippen molar-refractivity contribution >= 4 is 0 Å². The van der Waals surface area contributed by atoms with Gasteiger partial charge in [0.1, 0.15) is 0 Å². The first kappa shape index (κ1) is 11.6. The van der Waals surface area contributed by atoms with Gasteiger partial charge in [0.15, 0.2) is 0 Å². The highest BCUT2D eigenvalue weighted by Crippen LogP contribution is 2.26. The second kappa shape index (κ2) is 5.46. The molecule has 2 rings (SSSR count). The number of benzene rings is 1. The van der Waals surface area contributed by atoms with Crippen molar-refractivity contribution in [2.75, 3.05) is 6.61 Å². The topological polar surface area (TPSA) is 29.5 Å². The fourth-order valence-corrected chi connectivity index (χ4v) is 2.34. The summed E-state index contributed by atoms with van der Waals surface area (Å²) in [5.74, 6) is 0.497. The Bertz CT molecular complexity index is 310. The van der Waals surface area contributed by atoms with Crippen molar-refractivity contribution in [1.29, 1.82) is 0 Å². The monoisotopic (exact) mass is 220 g/mol. The van der Waals surface area contributed by atoms with Crippen LogP contribution in [0.5, 0.6) is 0 Å². The number of aliphatic hydroxyl groups is 1. The number of hydrogen-bond donors (Lipinski definition) is 1. The predicted molar refractivity (Wildman–Crippen MR) is 64.5 cm³/mol. The molecule has 1 saturated heterocycles. The molecule has 0 saturated carbocycles. The maximum Gasteiger partial charge on any atom is 0.0605 e. The third-order valence-corrected chi connectivity index (χ3v) is 3.32. The molecule has 2 heteroatoms. The minimum atomic E-state index is -0.165. The van der Waals surface area contributed by atoms with Crippen molar-refractivity contribution in [3.63, 3.8) is 0 Å². The summed E-state index contributed by atoms with van der Waals surface area (Å²) >= 11 is 0. The average Bonchev–Trinajstić information content (AvgIpc) is 2.30. The fourth-order valence-electron chi connectivity index (χ4n) is 2.34. The summed E-state index contributed by atoms with van der Waals surface area (Å²) in [5.41, 5.74) is 1.35. The molecule has 88 valence electrons. The summed E-state index contributed by atoms with van der Waals surface area (Å²) in [6, 6.07) is 10.5. The highest BCUT2D eigenvalue weighted by molar-refractivity contribution is 5.18. The second-order valence-corrected chi connectivity index (χ2v) is 4.72. The van der Waals surface area contributed by atoms with Gasteiger partial charge in [-0.15, -0.1) is 0 Å². The molecule has 0 bridgehead atoms. The summed E-state index contributed by atoms with van der Waals surface area (Å²) in [5, 5.41) is 9.58. The smallest absolute Gasteiger partial charge is 0.0605 e. The van der Waals surface area contributed by atoms with E-state index in [9.17, 15) is 5.11 Å². The number of aliphatic hydroxyl groups excluding tert-OH is 1. The normalized spacial score (nSPS) is 27.6. The zero-order valence-electron chi connectivity index (χ0n) is 9.80. The van der Waals surface area contributed by atoms with E-state index in [1.807, 2.05) is 6.07 Å². The van der Waals surface area contributed by atoms with Crippen LogP contribution in [0, 0.1) is 0 Å². The molecule has 0 spiro atoms. The second-order valence-electron chi connectivity index (χ2n) is 4.72. The molecular weight excluding hydrogens is 200 g/mol. The lowest BCUT2D eigenvalue weighted by molar-refractivity contribution is -0.0483. The summed E-state index contributed by atoms with van der Waals surface area (Å²) in [7, 11) is 0. The fraction of sp³-hybridized carbons (Fsp3) is 0.571. The Morgan fingerprint density at radius 2 is 2.12 bits per heavy atom. The molecule has 2 nitrogen and oxygen atoms in total. The van der Waals surface area contributed by atoms with Gasteiger partial charge in [0.05, 0.1) is 12.2 Å². The first-order valence-corrected chi connectivity index (χ1v) is 6.10. The Morgan fingerprint density at radius 1 is 1.38 bits per heavy atom. The van der Waals surface area contributed by atoms with Gasteiger partial charge >= 0.3 is 0 Å². The lowest BCUT2D eigenvalue weighted by Gasteiger charge is -2.28. The Hall–Kier alpha value is -0.860. The SMILES string of the molecule is CC(CC1CC(O)CCO1)c1ccccc1. The Balaban J connectivity index is 1.89. The van der Waals surface area contributed by atoms with Crippen LogP contribution in [-0.2, 0) is 4.74 Å². The van der Waals surface area contributed by atoms with Crippen molar-refractivity contribution in [2.45, 2.75) is 44.3 Å². The Morgan fingerprint density at radius 3 is 2.81 bits per heavy atom. The molecule has 1 heterocycles. The molecule has 0 aliphatic carbocycles. The predicted octanol–water partition coefficient (Wildman–Crippen LogP) is 2.72. The maximum atomic E-state index is 9.58. The van der Waals surface area contributed by atoms with Crippen LogP contribution >= 0.6 is 0 Å². The number of ether oxygens (including phenoxy) is 1. The zero-order chi connectivity index (χ0) is 11.4. The van der Waals surface area contributed by atoms with Gasteiger partial charge in [0.2, 0.25) is 0 Å². The van der Waals surface area contributed by atoms with E-state index < -0.39 is 0 Å². The molecular formula is C14H20O2. The van der Waals surface area contributed by atoms with Gasteiger partial charge < -0.3 is 9.84 Å². The van der Waals surface area contributed by atoms with Gasteiger partial charge in [-0.25, -0.2) is 0 Å². The van der Waals surface area contributed by atoms with Crippen LogP contribution < -0.4 is 0 Å². The number of hydrogen-bond acceptors (Lipinski definition) is 2. The van der Waals surface area contributed by atoms with Gasteiger partial charge in [-0.2, -0.15) is 0 Å². The van der Waals surface area contributed by atoms with Crippen molar-refractivity contribution in [1.82, 2.24) is 0 Å². The van der Waals surface area contributed by atoms with E-state index in [0.717, 1.165) is 19.3 Å². The first-order valence-electron chi connectivity index (χ1n) is 6.10. The molecule has 1 aromatic carbocycles. The standard InChI is InChI=1S/C14H20O2/c1-11(12-5-3-2-4-6-12)9-14-10-13(15)7-8-16-14/h2-6,11,13-15H,7-10H2,1H3. The van der Waals surface area contributed by atoms with Crippen molar-refractivity contribution in [2.24, 2.45) is 0 Å². The molecule has 1 fully saturated rings. The lowest BCUT2D eigenvalue weighted by atomic mass is 9.91. The maximum absolute atomic E-state index is 9.58. The molecule has 1 N–H and O–H groups in total. The van der Waals surface area contributed by atoms with E-state index >= 15 is 0 Å². The molecule has 0 radical (unpaired) electrons. The average molecular weight is 220 g/mol. The van der Waals surface area contributed by atoms with Crippen LogP contribution in [0.1, 0.15) is 37.7 Å². The van der Waals surface area contributed by atoms with Gasteiger partial charge in [-0.05, 0) is 30.7 Å². The number of rotatable bonds is 3. The summed E-state index contributed by atoms with van der Waals surface area (Å²) in [4.78, 5) is 0. The third-order valence-electron chi connectivity index (χ3n) is 3.32. The van der Waals surface area contributed by atoms with E-state index in [-0.39, 0.29) is 12.2 Å². The van der Waals surface area contributed by atoms with Crippen molar-refractivity contribution in [3.05, 3.63) is 35.9 Å². The molecule has 3 atom stereocenters. The molecule has 16 heavy (non-hydrogen) atoms. The minimum absolute atomic E-state index is 0.165. The largest absolute Gasteiger partial charge is 0.393 e. The first-order chi connectivity index (χ1) is 7.75. The van der Waals surface area contributed by atoms with E-state index in [2.05, 4.69) is 31.2 Å². The van der Waals surface area contributed by atoms with Crippen LogP contribution in [0.2, 0.25) is 0 Å². The molecule has 1 aromatic rings. The van der Waals surface area contributed by atoms with Crippen LogP contribution in [0.3, 0.4) is 0 Å². The van der Waals surface area contributed by atoms with Crippen LogP contribution in [0.4, 0.5) is 0 Å². The van der Waals surface area contributed by atoms with Crippen molar-refractivity contribution < 1.29 is 9.84 Å². The summed E-state index contributed by atoms with van der Waals surface area (Å²) in [6.07, 6.45) is 2.63. The molecule has 1 aliphatic heterocycles. The van der Waals surface area contributed by atoms with E-state index in [4.69, 9.17) is 4.74 Å². The van der Waals surface area contributed by atoms with Crippen LogP contribution in [0.15, 0.2) is 30.3 Å². The van der Waals surface area contributed by atoms with Crippen LogP contribution in [-0.4, -0.2) is 23.9 Å². The molecule has 0 aromatic heterocycles. The Kier molecular flexibility index (Phi) is 3.97. The van der Waals surface area contributed by atoms with Gasteiger partial charge in [0.25, 0.3) is 0 Å². The van der Waals surface area contributed by atoms with Gasteiger partial charge in [-0.1, -0.05) is 37.3 Å². The Labute approximate surface area is 97.3 Å². The van der Waals surface area contributed by atoms with Gasteiger partial charge in [-0.3, -0.25) is 0 Å². The highest BCUT2D eigenvalue weighted by atomic mass is 16.5. The van der Waals surface area contributed by atoms with E-state index in [0.29, 0.717) is 12.5 Å². The molecule has 3 unspecified atom stereocenters. The van der Waals surface area contributed by atoms with Crippen LogP contribution in [0.25, 0.3) is 0 Å².